The fraction of sp³-hybridized carbons (Fsp3) is 0.118. The molecule has 1 heterocycles. The molecule has 0 saturated carbocycles. The van der Waals surface area contributed by atoms with E-state index in [9.17, 15) is 30.7 Å². The fourth-order valence-corrected chi connectivity index (χ4v) is 2.88. The van der Waals surface area contributed by atoms with Crippen molar-refractivity contribution in [3.05, 3.63) is 64.6 Å². The van der Waals surface area contributed by atoms with E-state index in [1.165, 1.54) is 6.07 Å². The molecule has 0 unspecified atom stereocenters. The first-order valence-electron chi connectivity index (χ1n) is 7.49. The molecular formula is C17H9ClF7N3. The largest absolute Gasteiger partial charge is 0.435 e. The highest BCUT2D eigenvalue weighted by atomic mass is 35.5. The number of nitrogens with two attached hydrogens (primary N) is 1. The van der Waals surface area contributed by atoms with Crippen LogP contribution in [0.15, 0.2) is 42.5 Å². The minimum atomic E-state index is -5.07. The highest BCUT2D eigenvalue weighted by Gasteiger charge is 2.41. The van der Waals surface area contributed by atoms with Gasteiger partial charge in [0.25, 0.3) is 0 Å². The first kappa shape index (κ1) is 20.0. The molecule has 0 aliphatic heterocycles. The maximum atomic E-state index is 14.2. The normalized spacial score (nSPS) is 12.4. The maximum absolute atomic E-state index is 14.2. The van der Waals surface area contributed by atoms with Crippen LogP contribution in [-0.4, -0.2) is 9.78 Å². The van der Waals surface area contributed by atoms with Gasteiger partial charge in [-0.15, -0.1) is 0 Å². The van der Waals surface area contributed by atoms with Crippen LogP contribution in [0.25, 0.3) is 16.8 Å². The van der Waals surface area contributed by atoms with Crippen molar-refractivity contribution in [1.29, 1.82) is 0 Å². The Bertz CT molecular complexity index is 1020. The molecule has 0 aliphatic rings. The quantitative estimate of drug-likeness (QED) is 0.517. The van der Waals surface area contributed by atoms with Crippen LogP contribution in [0.1, 0.15) is 11.3 Å². The van der Waals surface area contributed by atoms with Crippen molar-refractivity contribution in [3.8, 4) is 16.8 Å². The number of halogens is 8. The van der Waals surface area contributed by atoms with Gasteiger partial charge >= 0.3 is 12.4 Å². The lowest BCUT2D eigenvalue weighted by Crippen LogP contribution is -2.10. The van der Waals surface area contributed by atoms with Gasteiger partial charge in [-0.05, 0) is 30.3 Å². The Hall–Kier alpha value is -2.75. The second-order valence-corrected chi connectivity index (χ2v) is 6.07. The zero-order chi connectivity index (χ0) is 20.9. The number of nitrogen functional groups attached to an aromatic ring is 1. The topological polar surface area (TPSA) is 43.8 Å². The lowest BCUT2D eigenvalue weighted by molar-refractivity contribution is -0.141. The van der Waals surface area contributed by atoms with E-state index in [-0.39, 0.29) is 10.7 Å². The Morgan fingerprint density at radius 1 is 0.893 bits per heavy atom. The zero-order valence-corrected chi connectivity index (χ0v) is 14.3. The van der Waals surface area contributed by atoms with Crippen molar-refractivity contribution in [1.82, 2.24) is 9.78 Å². The molecule has 148 valence electrons. The van der Waals surface area contributed by atoms with Crippen molar-refractivity contribution in [2.45, 2.75) is 12.4 Å². The van der Waals surface area contributed by atoms with Gasteiger partial charge in [-0.25, -0.2) is 9.07 Å². The number of aromatic nitrogens is 2. The van der Waals surface area contributed by atoms with Gasteiger partial charge < -0.3 is 5.73 Å². The lowest BCUT2D eigenvalue weighted by atomic mass is 10.0. The molecule has 2 N–H and O–H groups in total. The molecule has 3 rings (SSSR count). The van der Waals surface area contributed by atoms with Gasteiger partial charge in [-0.1, -0.05) is 23.7 Å². The molecule has 0 radical (unpaired) electrons. The Morgan fingerprint density at radius 2 is 1.54 bits per heavy atom. The smallest absolute Gasteiger partial charge is 0.383 e. The number of anilines is 1. The van der Waals surface area contributed by atoms with E-state index in [0.29, 0.717) is 10.7 Å². The number of hydrogen-bond donors (Lipinski definition) is 1. The van der Waals surface area contributed by atoms with Crippen molar-refractivity contribution in [2.75, 3.05) is 5.73 Å². The van der Waals surface area contributed by atoms with Crippen LogP contribution in [0.2, 0.25) is 5.02 Å². The molecule has 0 aliphatic carbocycles. The highest BCUT2D eigenvalue weighted by Crippen LogP contribution is 2.44. The predicted octanol–water partition coefficient (Wildman–Crippen LogP) is 5.95. The summed E-state index contributed by atoms with van der Waals surface area (Å²) in [5.74, 6) is -1.80. The van der Waals surface area contributed by atoms with E-state index >= 15 is 0 Å². The summed E-state index contributed by atoms with van der Waals surface area (Å²) in [7, 11) is 0. The van der Waals surface area contributed by atoms with E-state index < -0.39 is 46.4 Å². The molecule has 0 bridgehead atoms. The summed E-state index contributed by atoms with van der Waals surface area (Å²) in [6, 6.07) is 6.61. The van der Waals surface area contributed by atoms with Crippen molar-refractivity contribution < 1.29 is 30.7 Å². The minimum absolute atomic E-state index is 0.360. The molecule has 2 aromatic carbocycles. The second kappa shape index (κ2) is 6.69. The molecule has 11 heteroatoms. The minimum Gasteiger partial charge on any atom is -0.383 e. The number of benzene rings is 2. The standard InChI is InChI=1S/C17H9ClF7N3/c18-10-5-2-6-11(19)12(10)13-14(17(23,24)25)27-28(15(13)26)9-4-1-3-8(7-9)16(20,21)22/h1-7H,26H2. The van der Waals surface area contributed by atoms with E-state index in [2.05, 4.69) is 5.10 Å². The van der Waals surface area contributed by atoms with Crippen LogP contribution in [0.4, 0.5) is 36.6 Å². The van der Waals surface area contributed by atoms with Gasteiger partial charge in [0.05, 0.1) is 21.8 Å². The highest BCUT2D eigenvalue weighted by molar-refractivity contribution is 6.33. The van der Waals surface area contributed by atoms with E-state index in [4.69, 9.17) is 17.3 Å². The van der Waals surface area contributed by atoms with E-state index in [1.807, 2.05) is 0 Å². The van der Waals surface area contributed by atoms with Gasteiger partial charge in [-0.3, -0.25) is 0 Å². The van der Waals surface area contributed by atoms with Gasteiger partial charge in [0.1, 0.15) is 11.6 Å². The van der Waals surface area contributed by atoms with Crippen molar-refractivity contribution >= 4 is 17.4 Å². The van der Waals surface area contributed by atoms with Gasteiger partial charge in [-0.2, -0.15) is 31.4 Å². The van der Waals surface area contributed by atoms with E-state index in [1.54, 1.807) is 0 Å². The Labute approximate surface area is 158 Å². The third-order valence-electron chi connectivity index (χ3n) is 3.82. The summed E-state index contributed by atoms with van der Waals surface area (Å²) in [5, 5.41) is 2.95. The van der Waals surface area contributed by atoms with Crippen LogP contribution in [0, 0.1) is 5.82 Å². The van der Waals surface area contributed by atoms with Crippen molar-refractivity contribution in [2.24, 2.45) is 0 Å². The van der Waals surface area contributed by atoms with Crippen LogP contribution in [0.3, 0.4) is 0 Å². The Kier molecular flexibility index (Phi) is 4.78. The van der Waals surface area contributed by atoms with E-state index in [0.717, 1.165) is 30.3 Å². The van der Waals surface area contributed by atoms with Gasteiger partial charge in [0, 0.05) is 5.56 Å². The third-order valence-corrected chi connectivity index (χ3v) is 4.14. The fourth-order valence-electron chi connectivity index (χ4n) is 2.62. The van der Waals surface area contributed by atoms with Crippen LogP contribution in [-0.2, 0) is 12.4 Å². The summed E-state index contributed by atoms with van der Waals surface area (Å²) in [4.78, 5) is 0. The summed E-state index contributed by atoms with van der Waals surface area (Å²) in [6.07, 6.45) is -9.80. The lowest BCUT2D eigenvalue weighted by Gasteiger charge is -2.10. The average molecular weight is 424 g/mol. The van der Waals surface area contributed by atoms with Crippen LogP contribution >= 0.6 is 11.6 Å². The molecule has 3 aromatic rings. The van der Waals surface area contributed by atoms with Crippen molar-refractivity contribution in [3.63, 3.8) is 0 Å². The summed E-state index contributed by atoms with van der Waals surface area (Å²) in [5.41, 5.74) is 1.19. The van der Waals surface area contributed by atoms with Gasteiger partial charge in [0.15, 0.2) is 5.69 Å². The number of alkyl halides is 6. The Balaban J connectivity index is 2.32. The van der Waals surface area contributed by atoms with Crippen LogP contribution in [0.5, 0.6) is 0 Å². The third kappa shape index (κ3) is 3.51. The monoisotopic (exact) mass is 423 g/mol. The Morgan fingerprint density at radius 3 is 2.11 bits per heavy atom. The number of hydrogen-bond acceptors (Lipinski definition) is 2. The second-order valence-electron chi connectivity index (χ2n) is 5.66. The zero-order valence-electron chi connectivity index (χ0n) is 13.5. The summed E-state index contributed by atoms with van der Waals surface area (Å²) >= 11 is 5.85. The molecule has 0 saturated heterocycles. The molecule has 0 amide bonds. The average Bonchev–Trinajstić information content (AvgIpc) is 2.92. The molecule has 0 fully saturated rings. The van der Waals surface area contributed by atoms with Gasteiger partial charge in [0.2, 0.25) is 0 Å². The first-order chi connectivity index (χ1) is 12.9. The molecule has 0 atom stereocenters. The predicted molar refractivity (Wildman–Crippen MR) is 88.4 cm³/mol. The first-order valence-corrected chi connectivity index (χ1v) is 7.86. The molecule has 0 spiro atoms. The summed E-state index contributed by atoms with van der Waals surface area (Å²) < 4.78 is 93.9. The maximum Gasteiger partial charge on any atom is 0.435 e. The molecule has 28 heavy (non-hydrogen) atoms. The molecule has 1 aromatic heterocycles. The number of nitrogens with zero attached hydrogens (tertiary/aromatic N) is 2. The molecular weight excluding hydrogens is 415 g/mol. The SMILES string of the molecule is Nc1c(-c2c(F)cccc2Cl)c(C(F)(F)F)nn1-c1cccc(C(F)(F)F)c1. The number of rotatable bonds is 2. The van der Waals surface area contributed by atoms with Crippen LogP contribution < -0.4 is 5.73 Å². The summed E-state index contributed by atoms with van der Waals surface area (Å²) in [6.45, 7) is 0. The molecule has 3 nitrogen and oxygen atoms in total.